The number of carbonyl (C=O) groups excluding carboxylic acids is 1. The number of rotatable bonds is 10. The van der Waals surface area contributed by atoms with E-state index in [0.717, 1.165) is 27.4 Å². The molecule has 3 aromatic carbocycles. The highest BCUT2D eigenvalue weighted by Crippen LogP contribution is 2.31. The Morgan fingerprint density at radius 2 is 1.67 bits per heavy atom. The molecular weight excluding hydrogens is 610 g/mol. The summed E-state index contributed by atoms with van der Waals surface area (Å²) in [7, 11) is 5.76. The molecule has 5 rings (SSSR count). The van der Waals surface area contributed by atoms with Crippen molar-refractivity contribution in [3.63, 3.8) is 0 Å². The van der Waals surface area contributed by atoms with Crippen LogP contribution in [0.5, 0.6) is 0 Å². The summed E-state index contributed by atoms with van der Waals surface area (Å²) in [6, 6.07) is 28.3. The van der Waals surface area contributed by atoms with Gasteiger partial charge in [0.15, 0.2) is 6.54 Å². The van der Waals surface area contributed by atoms with Gasteiger partial charge < -0.3 is 16.9 Å². The number of nitro benzene ring substituents is 1. The SMILES string of the molecule is Cc1nc(-n2nc(-c3ccccc3)cc2-c2ccccc2)sc1C(/C=C\c1cccc([N+](=O)[O-])c1)=N\NC(=O)C[N+](C)(C)C.[Cl-]. The van der Waals surface area contributed by atoms with Crippen molar-refractivity contribution in [1.29, 1.82) is 0 Å². The van der Waals surface area contributed by atoms with Crippen LogP contribution >= 0.6 is 11.3 Å². The van der Waals surface area contributed by atoms with E-state index in [-0.39, 0.29) is 30.5 Å². The minimum absolute atomic E-state index is 0. The maximum Gasteiger partial charge on any atom is 0.295 e. The van der Waals surface area contributed by atoms with Crippen LogP contribution < -0.4 is 17.8 Å². The molecule has 0 spiro atoms. The number of nitro groups is 1. The van der Waals surface area contributed by atoms with Crippen molar-refractivity contribution in [2.45, 2.75) is 6.92 Å². The molecule has 0 radical (unpaired) electrons. The Morgan fingerprint density at radius 1 is 1.00 bits per heavy atom. The number of hydrogen-bond donors (Lipinski definition) is 1. The van der Waals surface area contributed by atoms with Gasteiger partial charge in [-0.2, -0.15) is 10.2 Å². The van der Waals surface area contributed by atoms with Crippen molar-refractivity contribution in [2.24, 2.45) is 5.10 Å². The molecular formula is C33H32ClN7O3S. The van der Waals surface area contributed by atoms with Crippen molar-refractivity contribution in [2.75, 3.05) is 27.7 Å². The Hall–Kier alpha value is -4.97. The Labute approximate surface area is 271 Å². The minimum atomic E-state index is -0.435. The van der Waals surface area contributed by atoms with Gasteiger partial charge in [0, 0.05) is 23.3 Å². The van der Waals surface area contributed by atoms with E-state index in [0.29, 0.717) is 26.6 Å². The summed E-state index contributed by atoms with van der Waals surface area (Å²) in [4.78, 5) is 29.1. The number of nitrogens with zero attached hydrogens (tertiary/aromatic N) is 6. The van der Waals surface area contributed by atoms with Gasteiger partial charge in [-0.1, -0.05) is 90.2 Å². The first-order valence-corrected chi connectivity index (χ1v) is 14.7. The number of nitrogens with one attached hydrogen (secondary N) is 1. The van der Waals surface area contributed by atoms with Gasteiger partial charge in [-0.05, 0) is 24.6 Å². The fraction of sp³-hybridized carbons (Fsp3) is 0.152. The minimum Gasteiger partial charge on any atom is -1.00 e. The van der Waals surface area contributed by atoms with Gasteiger partial charge >= 0.3 is 0 Å². The van der Waals surface area contributed by atoms with Crippen molar-refractivity contribution in [3.05, 3.63) is 123 Å². The van der Waals surface area contributed by atoms with Crippen LogP contribution in [0.4, 0.5) is 5.69 Å². The summed E-state index contributed by atoms with van der Waals surface area (Å²) < 4.78 is 2.27. The highest BCUT2D eigenvalue weighted by molar-refractivity contribution is 7.16. The first-order valence-electron chi connectivity index (χ1n) is 13.9. The number of allylic oxidation sites excluding steroid dienone is 1. The summed E-state index contributed by atoms with van der Waals surface area (Å²) in [5, 5.41) is 21.4. The van der Waals surface area contributed by atoms with Gasteiger partial charge in [0.25, 0.3) is 11.6 Å². The van der Waals surface area contributed by atoms with Crippen molar-refractivity contribution in [3.8, 4) is 27.6 Å². The number of halogens is 1. The molecule has 1 amide bonds. The van der Waals surface area contributed by atoms with Crippen LogP contribution in [-0.4, -0.2) is 63.5 Å². The second kappa shape index (κ2) is 14.2. The molecule has 45 heavy (non-hydrogen) atoms. The van der Waals surface area contributed by atoms with E-state index in [4.69, 9.17) is 10.1 Å². The lowest BCUT2D eigenvalue weighted by Gasteiger charge is -2.22. The lowest BCUT2D eigenvalue weighted by atomic mass is 10.1. The van der Waals surface area contributed by atoms with Gasteiger partial charge in [0.05, 0.1) is 48.0 Å². The Morgan fingerprint density at radius 3 is 2.31 bits per heavy atom. The van der Waals surface area contributed by atoms with Gasteiger partial charge in [0.1, 0.15) is 5.71 Å². The first kappa shape index (κ1) is 32.9. The van der Waals surface area contributed by atoms with Gasteiger partial charge in [-0.15, -0.1) is 0 Å². The van der Waals surface area contributed by atoms with Crippen molar-refractivity contribution >= 4 is 34.7 Å². The number of amides is 1. The van der Waals surface area contributed by atoms with E-state index in [1.165, 1.54) is 23.5 Å². The van der Waals surface area contributed by atoms with E-state index >= 15 is 0 Å². The molecule has 2 aromatic heterocycles. The molecule has 2 heterocycles. The van der Waals surface area contributed by atoms with Crippen LogP contribution in [0, 0.1) is 17.0 Å². The fourth-order valence-electron chi connectivity index (χ4n) is 4.47. The third kappa shape index (κ3) is 8.36. The molecule has 0 saturated heterocycles. The number of hydrogen-bond acceptors (Lipinski definition) is 7. The fourth-order valence-corrected chi connectivity index (χ4v) is 5.47. The largest absolute Gasteiger partial charge is 1.00 e. The standard InChI is InChI=1S/C33H31N7O3S.ClH/c1-23-32(28(35-36-31(41)22-40(2,3)4)19-18-24-12-11-17-27(20-24)39(42)43)44-33(34-23)38-30(26-15-9-6-10-16-26)21-29(37-38)25-13-7-5-8-14-25;/h5-21H,22H2,1-4H3;1H/b19-18-,35-28-;. The number of benzene rings is 3. The van der Waals surface area contributed by atoms with Gasteiger partial charge in [0.2, 0.25) is 5.13 Å². The lowest BCUT2D eigenvalue weighted by molar-refractivity contribution is -0.862. The number of aryl methyl sites for hydroxylation is 1. The molecule has 1 N–H and O–H groups in total. The zero-order valence-electron chi connectivity index (χ0n) is 25.2. The number of hydrazone groups is 1. The average molecular weight is 642 g/mol. The van der Waals surface area contributed by atoms with Crippen LogP contribution in [0.25, 0.3) is 33.7 Å². The second-order valence-corrected chi connectivity index (χ2v) is 12.1. The molecule has 0 aliphatic rings. The topological polar surface area (TPSA) is 115 Å². The van der Waals surface area contributed by atoms with Gasteiger partial charge in [-0.3, -0.25) is 14.9 Å². The zero-order chi connectivity index (χ0) is 31.3. The number of carbonyl (C=O) groups is 1. The van der Waals surface area contributed by atoms with E-state index in [1.807, 2.05) is 99.5 Å². The first-order chi connectivity index (χ1) is 21.1. The smallest absolute Gasteiger partial charge is 0.295 e. The Balaban J connectivity index is 0.00000461. The molecule has 0 fully saturated rings. The highest BCUT2D eigenvalue weighted by atomic mass is 35.5. The zero-order valence-corrected chi connectivity index (χ0v) is 26.8. The summed E-state index contributed by atoms with van der Waals surface area (Å²) in [6.45, 7) is 2.11. The quantitative estimate of drug-likeness (QED) is 0.109. The number of non-ortho nitro benzene ring substituents is 1. The summed E-state index contributed by atoms with van der Waals surface area (Å²) >= 11 is 1.39. The Kier molecular flexibility index (Phi) is 10.4. The van der Waals surface area contributed by atoms with Crippen LogP contribution in [0.3, 0.4) is 0 Å². The van der Waals surface area contributed by atoms with Crippen LogP contribution in [0.2, 0.25) is 0 Å². The van der Waals surface area contributed by atoms with E-state index < -0.39 is 4.92 Å². The summed E-state index contributed by atoms with van der Waals surface area (Å²) in [5.74, 6) is -0.243. The molecule has 5 aromatic rings. The highest BCUT2D eigenvalue weighted by Gasteiger charge is 2.20. The van der Waals surface area contributed by atoms with E-state index in [9.17, 15) is 14.9 Å². The third-order valence-electron chi connectivity index (χ3n) is 6.48. The number of quaternary nitrogens is 1. The Bertz CT molecular complexity index is 1860. The van der Waals surface area contributed by atoms with Crippen LogP contribution in [0.1, 0.15) is 16.1 Å². The molecule has 0 atom stereocenters. The number of aromatic nitrogens is 3. The number of thiazole rings is 1. The normalized spacial score (nSPS) is 11.8. The summed E-state index contributed by atoms with van der Waals surface area (Å²) in [5.41, 5.74) is 8.11. The number of likely N-dealkylation sites (N-methyl/N-ethyl adjacent to an activating group) is 1. The van der Waals surface area contributed by atoms with E-state index in [2.05, 4.69) is 10.5 Å². The van der Waals surface area contributed by atoms with Crippen molar-refractivity contribution in [1.82, 2.24) is 20.2 Å². The average Bonchev–Trinajstić information content (AvgIpc) is 3.61. The molecule has 230 valence electrons. The molecule has 12 heteroatoms. The van der Waals surface area contributed by atoms with Crippen LogP contribution in [0.15, 0.2) is 102 Å². The molecule has 0 aliphatic heterocycles. The maximum atomic E-state index is 12.7. The predicted molar refractivity (Wildman–Crippen MR) is 175 cm³/mol. The summed E-state index contributed by atoms with van der Waals surface area (Å²) in [6.07, 6.45) is 3.46. The molecule has 0 unspecified atom stereocenters. The second-order valence-electron chi connectivity index (χ2n) is 11.1. The maximum absolute atomic E-state index is 12.7. The predicted octanol–water partition coefficient (Wildman–Crippen LogP) is 3.12. The third-order valence-corrected chi connectivity index (χ3v) is 7.64. The monoisotopic (exact) mass is 641 g/mol. The molecule has 10 nitrogen and oxygen atoms in total. The van der Waals surface area contributed by atoms with Gasteiger partial charge in [-0.25, -0.2) is 15.1 Å². The van der Waals surface area contributed by atoms with E-state index in [1.54, 1.807) is 24.3 Å². The molecule has 0 saturated carbocycles. The van der Waals surface area contributed by atoms with Crippen LogP contribution in [-0.2, 0) is 4.79 Å². The lowest BCUT2D eigenvalue weighted by Crippen LogP contribution is -3.00. The molecule has 0 aliphatic carbocycles. The van der Waals surface area contributed by atoms with Crippen molar-refractivity contribution < 1.29 is 26.6 Å². The molecule has 0 bridgehead atoms.